The number of benzene rings is 1. The summed E-state index contributed by atoms with van der Waals surface area (Å²) >= 11 is 5.97. The van der Waals surface area contributed by atoms with Gasteiger partial charge in [-0.1, -0.05) is 11.6 Å². The summed E-state index contributed by atoms with van der Waals surface area (Å²) in [7, 11) is 1.52. The van der Waals surface area contributed by atoms with Gasteiger partial charge in [-0.3, -0.25) is 0 Å². The Hall–Kier alpha value is -1.68. The number of rotatable bonds is 2. The molecule has 4 nitrogen and oxygen atoms in total. The first kappa shape index (κ1) is 10.8. The lowest BCUT2D eigenvalue weighted by atomic mass is 10.1. The first-order valence-electron chi connectivity index (χ1n) is 4.56. The van der Waals surface area contributed by atoms with E-state index < -0.39 is 5.97 Å². The highest BCUT2D eigenvalue weighted by Crippen LogP contribution is 2.37. The summed E-state index contributed by atoms with van der Waals surface area (Å²) in [5.74, 6) is 0.0623. The summed E-state index contributed by atoms with van der Waals surface area (Å²) < 4.78 is 10.3. The third-order valence-corrected chi connectivity index (χ3v) is 2.54. The van der Waals surface area contributed by atoms with Crippen LogP contribution in [0.15, 0.2) is 17.7 Å². The minimum atomic E-state index is -0.996. The summed E-state index contributed by atoms with van der Waals surface area (Å²) in [5.41, 5.74) is 0.810. The Morgan fingerprint density at radius 2 is 2.31 bits per heavy atom. The first-order valence-corrected chi connectivity index (χ1v) is 4.94. The van der Waals surface area contributed by atoms with Crippen LogP contribution in [0.4, 0.5) is 0 Å². The van der Waals surface area contributed by atoms with E-state index in [1.165, 1.54) is 13.2 Å². The van der Waals surface area contributed by atoms with E-state index in [1.807, 2.05) is 0 Å². The van der Waals surface area contributed by atoms with Gasteiger partial charge >= 0.3 is 5.97 Å². The molecule has 1 aromatic rings. The van der Waals surface area contributed by atoms with E-state index in [1.54, 1.807) is 12.1 Å². The SMILES string of the molecule is COc1cc(Cl)c2c(c1)C=C(C(=O)O)CO2. The van der Waals surface area contributed by atoms with Crippen LogP contribution < -0.4 is 9.47 Å². The summed E-state index contributed by atoms with van der Waals surface area (Å²) in [6.07, 6.45) is 1.54. The summed E-state index contributed by atoms with van der Waals surface area (Å²) in [4.78, 5) is 10.8. The van der Waals surface area contributed by atoms with E-state index >= 15 is 0 Å². The van der Waals surface area contributed by atoms with Gasteiger partial charge in [0.2, 0.25) is 0 Å². The molecular formula is C11H9ClO4. The minimum Gasteiger partial charge on any atom is -0.497 e. The molecule has 0 aliphatic carbocycles. The molecule has 2 rings (SSSR count). The van der Waals surface area contributed by atoms with Crippen molar-refractivity contribution in [2.75, 3.05) is 13.7 Å². The lowest BCUT2D eigenvalue weighted by Crippen LogP contribution is -2.14. The van der Waals surface area contributed by atoms with Crippen LogP contribution >= 0.6 is 11.6 Å². The maximum absolute atomic E-state index is 10.8. The van der Waals surface area contributed by atoms with E-state index in [2.05, 4.69) is 0 Å². The van der Waals surface area contributed by atoms with Crippen molar-refractivity contribution in [1.29, 1.82) is 0 Å². The number of fused-ring (bicyclic) bond motifs is 1. The molecule has 16 heavy (non-hydrogen) atoms. The van der Waals surface area contributed by atoms with Crippen molar-refractivity contribution < 1.29 is 19.4 Å². The van der Waals surface area contributed by atoms with Gasteiger partial charge in [-0.25, -0.2) is 4.79 Å². The van der Waals surface area contributed by atoms with Crippen LogP contribution in [0.5, 0.6) is 11.5 Å². The number of carboxylic acids is 1. The lowest BCUT2D eigenvalue weighted by Gasteiger charge is -2.17. The predicted octanol–water partition coefficient (Wildman–Crippen LogP) is 2.21. The predicted molar refractivity (Wildman–Crippen MR) is 59.1 cm³/mol. The van der Waals surface area contributed by atoms with Crippen molar-refractivity contribution in [2.45, 2.75) is 0 Å². The number of hydrogen-bond acceptors (Lipinski definition) is 3. The molecule has 0 unspecified atom stereocenters. The molecule has 0 amide bonds. The Kier molecular flexibility index (Phi) is 2.75. The molecule has 1 aromatic carbocycles. The van der Waals surface area contributed by atoms with Crippen LogP contribution in [0.2, 0.25) is 5.02 Å². The Morgan fingerprint density at radius 3 is 2.94 bits per heavy atom. The highest BCUT2D eigenvalue weighted by atomic mass is 35.5. The molecule has 1 N–H and O–H groups in total. The molecule has 0 atom stereocenters. The van der Waals surface area contributed by atoms with Gasteiger partial charge in [0.1, 0.15) is 18.1 Å². The van der Waals surface area contributed by atoms with E-state index in [9.17, 15) is 4.79 Å². The third-order valence-electron chi connectivity index (χ3n) is 2.26. The number of carbonyl (C=O) groups is 1. The van der Waals surface area contributed by atoms with Gasteiger partial charge in [-0.2, -0.15) is 0 Å². The zero-order valence-electron chi connectivity index (χ0n) is 8.49. The Morgan fingerprint density at radius 1 is 1.56 bits per heavy atom. The fourth-order valence-corrected chi connectivity index (χ4v) is 1.74. The van der Waals surface area contributed by atoms with Gasteiger partial charge in [-0.15, -0.1) is 0 Å². The fraction of sp³-hybridized carbons (Fsp3) is 0.182. The summed E-state index contributed by atoms with van der Waals surface area (Å²) in [6.45, 7) is 0.0222. The largest absolute Gasteiger partial charge is 0.497 e. The van der Waals surface area contributed by atoms with Crippen LogP contribution in [-0.2, 0) is 4.79 Å². The standard InChI is InChI=1S/C11H9ClO4/c1-15-8-3-6-2-7(11(13)14)5-16-10(6)9(12)4-8/h2-4H,5H2,1H3,(H,13,14). The monoisotopic (exact) mass is 240 g/mol. The number of carboxylic acid groups (broad SMARTS) is 1. The molecule has 1 heterocycles. The van der Waals surface area contributed by atoms with Crippen molar-refractivity contribution in [3.8, 4) is 11.5 Å². The van der Waals surface area contributed by atoms with E-state index in [4.69, 9.17) is 26.2 Å². The summed E-state index contributed by atoms with van der Waals surface area (Å²) in [6, 6.07) is 3.31. The Bertz CT molecular complexity index is 479. The average Bonchev–Trinajstić information content (AvgIpc) is 2.28. The minimum absolute atomic E-state index is 0.0222. The second-order valence-electron chi connectivity index (χ2n) is 3.29. The second kappa shape index (κ2) is 4.06. The number of halogens is 1. The quantitative estimate of drug-likeness (QED) is 0.861. The first-order chi connectivity index (χ1) is 7.61. The zero-order valence-corrected chi connectivity index (χ0v) is 9.25. The molecule has 0 saturated carbocycles. The van der Waals surface area contributed by atoms with Crippen molar-refractivity contribution in [3.05, 3.63) is 28.3 Å². The van der Waals surface area contributed by atoms with Gasteiger partial charge in [0.05, 0.1) is 17.7 Å². The highest BCUT2D eigenvalue weighted by Gasteiger charge is 2.19. The van der Waals surface area contributed by atoms with Crippen LogP contribution in [0.25, 0.3) is 6.08 Å². The molecule has 1 aliphatic rings. The molecule has 0 aromatic heterocycles. The maximum atomic E-state index is 10.8. The molecular weight excluding hydrogens is 232 g/mol. The van der Waals surface area contributed by atoms with Crippen molar-refractivity contribution in [2.24, 2.45) is 0 Å². The number of aliphatic carboxylic acids is 1. The van der Waals surface area contributed by atoms with Crippen molar-refractivity contribution in [3.63, 3.8) is 0 Å². The number of ether oxygens (including phenoxy) is 2. The fourth-order valence-electron chi connectivity index (χ4n) is 1.47. The van der Waals surface area contributed by atoms with Crippen LogP contribution in [-0.4, -0.2) is 24.8 Å². The van der Waals surface area contributed by atoms with Crippen molar-refractivity contribution >= 4 is 23.6 Å². The number of methoxy groups -OCH3 is 1. The van der Waals surface area contributed by atoms with Gasteiger partial charge in [0.15, 0.2) is 0 Å². The van der Waals surface area contributed by atoms with E-state index in [0.29, 0.717) is 22.1 Å². The van der Waals surface area contributed by atoms with E-state index in [-0.39, 0.29) is 12.2 Å². The van der Waals surface area contributed by atoms with Gasteiger partial charge < -0.3 is 14.6 Å². The topological polar surface area (TPSA) is 55.8 Å². The Balaban J connectivity index is 2.52. The maximum Gasteiger partial charge on any atom is 0.335 e. The second-order valence-corrected chi connectivity index (χ2v) is 3.70. The molecule has 0 spiro atoms. The van der Waals surface area contributed by atoms with Crippen LogP contribution in [0.3, 0.4) is 0 Å². The molecule has 0 radical (unpaired) electrons. The van der Waals surface area contributed by atoms with Gasteiger partial charge in [0, 0.05) is 11.6 Å². The molecule has 1 aliphatic heterocycles. The Labute approximate surface area is 97.0 Å². The van der Waals surface area contributed by atoms with Crippen LogP contribution in [0.1, 0.15) is 5.56 Å². The molecule has 0 fully saturated rings. The molecule has 5 heteroatoms. The number of hydrogen-bond donors (Lipinski definition) is 1. The molecule has 0 bridgehead atoms. The smallest absolute Gasteiger partial charge is 0.335 e. The van der Waals surface area contributed by atoms with Gasteiger partial charge in [0.25, 0.3) is 0 Å². The zero-order chi connectivity index (χ0) is 11.7. The molecule has 0 saturated heterocycles. The lowest BCUT2D eigenvalue weighted by molar-refractivity contribution is -0.132. The average molecular weight is 241 g/mol. The van der Waals surface area contributed by atoms with Crippen molar-refractivity contribution in [1.82, 2.24) is 0 Å². The molecule has 84 valence electrons. The highest BCUT2D eigenvalue weighted by molar-refractivity contribution is 6.32. The van der Waals surface area contributed by atoms with Crippen LogP contribution in [0, 0.1) is 0 Å². The third kappa shape index (κ3) is 1.84. The summed E-state index contributed by atoms with van der Waals surface area (Å²) in [5, 5.41) is 9.26. The van der Waals surface area contributed by atoms with Gasteiger partial charge in [-0.05, 0) is 12.1 Å². The van der Waals surface area contributed by atoms with E-state index in [0.717, 1.165) is 0 Å². The normalized spacial score (nSPS) is 13.5.